The maximum absolute atomic E-state index is 13.2. The number of benzene rings is 2. The first-order valence-corrected chi connectivity index (χ1v) is 7.96. The molecular formula is C19H19FN2O2. The van der Waals surface area contributed by atoms with Crippen molar-refractivity contribution >= 4 is 17.5 Å². The first-order valence-electron chi connectivity index (χ1n) is 7.96. The number of carbonyl (C=O) groups is 2. The van der Waals surface area contributed by atoms with Crippen molar-refractivity contribution in [3.63, 3.8) is 0 Å². The molecule has 1 fully saturated rings. The van der Waals surface area contributed by atoms with E-state index >= 15 is 0 Å². The smallest absolute Gasteiger partial charge is 0.251 e. The van der Waals surface area contributed by atoms with Crippen molar-refractivity contribution in [3.8, 4) is 0 Å². The Morgan fingerprint density at radius 1 is 1.17 bits per heavy atom. The maximum atomic E-state index is 13.2. The minimum Gasteiger partial charge on any atom is -0.305 e. The van der Waals surface area contributed by atoms with E-state index in [0.29, 0.717) is 18.7 Å². The maximum Gasteiger partial charge on any atom is 0.251 e. The second kappa shape index (κ2) is 6.93. The van der Waals surface area contributed by atoms with Crippen molar-refractivity contribution in [3.05, 3.63) is 65.5 Å². The molecule has 0 spiro atoms. The molecule has 2 aromatic rings. The van der Waals surface area contributed by atoms with Gasteiger partial charge in [0.15, 0.2) is 0 Å². The van der Waals surface area contributed by atoms with Gasteiger partial charge in [-0.2, -0.15) is 0 Å². The van der Waals surface area contributed by atoms with Gasteiger partial charge in [-0.15, -0.1) is 0 Å². The van der Waals surface area contributed by atoms with E-state index < -0.39 is 6.04 Å². The van der Waals surface area contributed by atoms with Crippen LogP contribution in [0, 0.1) is 12.7 Å². The molecule has 1 aliphatic heterocycles. The number of carbonyl (C=O) groups excluding carboxylic acids is 2. The molecule has 124 valence electrons. The topological polar surface area (TPSA) is 49.4 Å². The molecule has 0 aliphatic carbocycles. The molecule has 1 N–H and O–H groups in total. The summed E-state index contributed by atoms with van der Waals surface area (Å²) in [6.45, 7) is 2.46. The Labute approximate surface area is 140 Å². The fraction of sp³-hybridized carbons (Fsp3) is 0.263. The number of rotatable bonds is 5. The molecule has 2 aromatic carbocycles. The van der Waals surface area contributed by atoms with Crippen LogP contribution in [0.15, 0.2) is 48.5 Å². The summed E-state index contributed by atoms with van der Waals surface area (Å²) in [7, 11) is 0. The number of amides is 2. The Morgan fingerprint density at radius 3 is 2.62 bits per heavy atom. The fourth-order valence-corrected chi connectivity index (χ4v) is 2.84. The van der Waals surface area contributed by atoms with Gasteiger partial charge in [0.2, 0.25) is 5.91 Å². The van der Waals surface area contributed by atoms with E-state index in [1.54, 1.807) is 18.2 Å². The van der Waals surface area contributed by atoms with Crippen molar-refractivity contribution in [1.29, 1.82) is 0 Å². The van der Waals surface area contributed by atoms with E-state index in [1.165, 1.54) is 17.0 Å². The number of anilines is 1. The molecule has 5 heteroatoms. The zero-order valence-electron chi connectivity index (χ0n) is 13.5. The van der Waals surface area contributed by atoms with Gasteiger partial charge in [-0.3, -0.25) is 9.59 Å². The quantitative estimate of drug-likeness (QED) is 0.859. The van der Waals surface area contributed by atoms with Crippen LogP contribution in [0.3, 0.4) is 0 Å². The third-order valence-electron chi connectivity index (χ3n) is 4.13. The molecule has 1 unspecified atom stereocenters. The van der Waals surface area contributed by atoms with E-state index in [0.717, 1.165) is 11.1 Å². The molecule has 1 heterocycles. The minimum absolute atomic E-state index is 0.149. The summed E-state index contributed by atoms with van der Waals surface area (Å²) in [5, 5.41) is 3.11. The van der Waals surface area contributed by atoms with E-state index in [4.69, 9.17) is 0 Å². The van der Waals surface area contributed by atoms with Gasteiger partial charge in [0, 0.05) is 0 Å². The second-order valence-corrected chi connectivity index (χ2v) is 5.99. The van der Waals surface area contributed by atoms with Crippen LogP contribution in [0.1, 0.15) is 17.5 Å². The zero-order chi connectivity index (χ0) is 17.1. The summed E-state index contributed by atoms with van der Waals surface area (Å²) in [4.78, 5) is 25.9. The van der Waals surface area contributed by atoms with E-state index in [9.17, 15) is 14.0 Å². The highest BCUT2D eigenvalue weighted by atomic mass is 19.1. The molecule has 4 nitrogen and oxygen atoms in total. The molecule has 1 saturated heterocycles. The number of imide groups is 1. The summed E-state index contributed by atoms with van der Waals surface area (Å²) in [5.74, 6) is -0.708. The standard InChI is InChI=1S/C19H19FN2O2/c1-13-5-7-16(8-6-13)22-18(23)12-17(19(22)24)21-10-9-14-3-2-4-15(20)11-14/h2-8,11,17,21H,9-10,12H2,1H3. The van der Waals surface area contributed by atoms with Crippen molar-refractivity contribution in [1.82, 2.24) is 5.32 Å². The molecule has 2 amide bonds. The Kier molecular flexibility index (Phi) is 4.71. The average molecular weight is 326 g/mol. The van der Waals surface area contributed by atoms with Crippen LogP contribution in [0.4, 0.5) is 10.1 Å². The lowest BCUT2D eigenvalue weighted by Gasteiger charge is -2.15. The molecule has 3 rings (SSSR count). The highest BCUT2D eigenvalue weighted by Gasteiger charge is 2.39. The Bertz CT molecular complexity index is 758. The largest absolute Gasteiger partial charge is 0.305 e. The van der Waals surface area contributed by atoms with E-state index in [-0.39, 0.29) is 24.1 Å². The van der Waals surface area contributed by atoms with Gasteiger partial charge < -0.3 is 5.32 Å². The van der Waals surface area contributed by atoms with Crippen LogP contribution >= 0.6 is 0 Å². The molecule has 1 atom stereocenters. The second-order valence-electron chi connectivity index (χ2n) is 5.99. The van der Waals surface area contributed by atoms with Gasteiger partial charge in [0.1, 0.15) is 5.82 Å². The van der Waals surface area contributed by atoms with Crippen LogP contribution in [-0.2, 0) is 16.0 Å². The summed E-state index contributed by atoms with van der Waals surface area (Å²) in [6, 6.07) is 13.2. The van der Waals surface area contributed by atoms with Gasteiger partial charge >= 0.3 is 0 Å². The Morgan fingerprint density at radius 2 is 1.92 bits per heavy atom. The monoisotopic (exact) mass is 326 g/mol. The van der Waals surface area contributed by atoms with Gasteiger partial charge in [-0.05, 0) is 49.7 Å². The normalized spacial score (nSPS) is 17.6. The fourth-order valence-electron chi connectivity index (χ4n) is 2.84. The van der Waals surface area contributed by atoms with Gasteiger partial charge in [0.05, 0.1) is 18.2 Å². The highest BCUT2D eigenvalue weighted by Crippen LogP contribution is 2.23. The average Bonchev–Trinajstić information content (AvgIpc) is 2.83. The summed E-state index contributed by atoms with van der Waals surface area (Å²) in [5.41, 5.74) is 2.53. The van der Waals surface area contributed by atoms with Gasteiger partial charge in [0.25, 0.3) is 5.91 Å². The Balaban J connectivity index is 1.60. The Hall–Kier alpha value is -2.53. The van der Waals surface area contributed by atoms with Crippen LogP contribution in [0.25, 0.3) is 0 Å². The number of aryl methyl sites for hydroxylation is 1. The molecule has 1 aliphatic rings. The first kappa shape index (κ1) is 16.3. The van der Waals surface area contributed by atoms with Gasteiger partial charge in [-0.1, -0.05) is 29.8 Å². The molecule has 0 radical (unpaired) electrons. The summed E-state index contributed by atoms with van der Waals surface area (Å²) < 4.78 is 13.2. The predicted molar refractivity (Wildman–Crippen MR) is 90.2 cm³/mol. The predicted octanol–water partition coefficient (Wildman–Crippen LogP) is 2.60. The van der Waals surface area contributed by atoms with Crippen molar-refractivity contribution in [2.75, 3.05) is 11.4 Å². The molecular weight excluding hydrogens is 307 g/mol. The lowest BCUT2D eigenvalue weighted by atomic mass is 10.1. The zero-order valence-corrected chi connectivity index (χ0v) is 13.5. The molecule has 0 bridgehead atoms. The lowest BCUT2D eigenvalue weighted by Crippen LogP contribution is -2.39. The molecule has 0 saturated carbocycles. The SMILES string of the molecule is Cc1ccc(N2C(=O)CC(NCCc3cccc(F)c3)C2=O)cc1. The third kappa shape index (κ3) is 3.51. The number of halogens is 1. The summed E-state index contributed by atoms with van der Waals surface area (Å²) in [6.07, 6.45) is 0.746. The van der Waals surface area contributed by atoms with Crippen LogP contribution in [0.2, 0.25) is 0 Å². The van der Waals surface area contributed by atoms with E-state index in [2.05, 4.69) is 5.32 Å². The lowest BCUT2D eigenvalue weighted by molar-refractivity contribution is -0.121. The minimum atomic E-state index is -0.521. The molecule has 0 aromatic heterocycles. The van der Waals surface area contributed by atoms with Crippen LogP contribution in [0.5, 0.6) is 0 Å². The number of nitrogens with one attached hydrogen (secondary N) is 1. The van der Waals surface area contributed by atoms with Gasteiger partial charge in [-0.25, -0.2) is 9.29 Å². The summed E-state index contributed by atoms with van der Waals surface area (Å²) >= 11 is 0. The number of hydrogen-bond donors (Lipinski definition) is 1. The van der Waals surface area contributed by atoms with Crippen LogP contribution in [-0.4, -0.2) is 24.4 Å². The number of nitrogens with zero attached hydrogens (tertiary/aromatic N) is 1. The van der Waals surface area contributed by atoms with Crippen molar-refractivity contribution < 1.29 is 14.0 Å². The van der Waals surface area contributed by atoms with Crippen LogP contribution < -0.4 is 10.2 Å². The number of hydrogen-bond acceptors (Lipinski definition) is 3. The molecule has 24 heavy (non-hydrogen) atoms. The van der Waals surface area contributed by atoms with Crippen molar-refractivity contribution in [2.45, 2.75) is 25.8 Å². The highest BCUT2D eigenvalue weighted by molar-refractivity contribution is 6.22. The van der Waals surface area contributed by atoms with E-state index in [1.807, 2.05) is 25.1 Å². The third-order valence-corrected chi connectivity index (χ3v) is 4.13. The van der Waals surface area contributed by atoms with Crippen molar-refractivity contribution in [2.24, 2.45) is 0 Å². The first-order chi connectivity index (χ1) is 11.5.